The number of hydrogen-bond acceptors (Lipinski definition) is 3. The lowest BCUT2D eigenvalue weighted by molar-refractivity contribution is 0.153. The molecule has 1 aromatic rings. The predicted molar refractivity (Wildman–Crippen MR) is 86.4 cm³/mol. The highest BCUT2D eigenvalue weighted by Gasteiger charge is 2.14. The summed E-state index contributed by atoms with van der Waals surface area (Å²) < 4.78 is 0. The zero-order valence-corrected chi connectivity index (χ0v) is 13.4. The van der Waals surface area contributed by atoms with Crippen molar-refractivity contribution in [1.82, 2.24) is 15.1 Å². The highest BCUT2D eigenvalue weighted by atomic mass is 35.5. The fourth-order valence-electron chi connectivity index (χ4n) is 2.66. The van der Waals surface area contributed by atoms with Crippen molar-refractivity contribution in [1.29, 1.82) is 0 Å². The van der Waals surface area contributed by atoms with E-state index >= 15 is 0 Å². The molecule has 1 aliphatic rings. The molecule has 1 fully saturated rings. The molecule has 4 heteroatoms. The highest BCUT2D eigenvalue weighted by molar-refractivity contribution is 6.30. The molecule has 20 heavy (non-hydrogen) atoms. The Labute approximate surface area is 127 Å². The van der Waals surface area contributed by atoms with Gasteiger partial charge in [-0.15, -0.1) is 0 Å². The Balaban J connectivity index is 1.75. The van der Waals surface area contributed by atoms with Crippen LogP contribution in [0.25, 0.3) is 0 Å². The average molecular weight is 296 g/mol. The van der Waals surface area contributed by atoms with E-state index in [-0.39, 0.29) is 0 Å². The van der Waals surface area contributed by atoms with Crippen molar-refractivity contribution in [3.05, 3.63) is 34.9 Å². The van der Waals surface area contributed by atoms with Gasteiger partial charge in [-0.1, -0.05) is 30.7 Å². The van der Waals surface area contributed by atoms with E-state index in [0.717, 1.165) is 24.5 Å². The lowest BCUT2D eigenvalue weighted by Gasteiger charge is -2.32. The summed E-state index contributed by atoms with van der Waals surface area (Å²) in [5.74, 6) is 0. The van der Waals surface area contributed by atoms with Crippen molar-refractivity contribution in [3.8, 4) is 0 Å². The minimum atomic E-state index is 0.430. The minimum Gasteiger partial charge on any atom is -0.309 e. The van der Waals surface area contributed by atoms with Crippen molar-refractivity contribution < 1.29 is 0 Å². The molecule has 1 atom stereocenters. The second-order valence-electron chi connectivity index (χ2n) is 5.61. The maximum Gasteiger partial charge on any atom is 0.0406 e. The first-order valence-electron chi connectivity index (χ1n) is 7.58. The predicted octanol–water partition coefficient (Wildman–Crippen LogP) is 2.63. The van der Waals surface area contributed by atoms with Crippen LogP contribution in [0.3, 0.4) is 0 Å². The molecular weight excluding hydrogens is 270 g/mol. The second kappa shape index (κ2) is 7.99. The Morgan fingerprint density at radius 3 is 2.40 bits per heavy atom. The number of nitrogens with zero attached hydrogens (tertiary/aromatic N) is 2. The van der Waals surface area contributed by atoms with Crippen LogP contribution in [0.2, 0.25) is 5.02 Å². The van der Waals surface area contributed by atoms with Crippen molar-refractivity contribution in [2.24, 2.45) is 0 Å². The van der Waals surface area contributed by atoms with Gasteiger partial charge < -0.3 is 10.2 Å². The van der Waals surface area contributed by atoms with Crippen LogP contribution in [0.5, 0.6) is 0 Å². The van der Waals surface area contributed by atoms with Gasteiger partial charge in [-0.05, 0) is 31.2 Å². The van der Waals surface area contributed by atoms with Gasteiger partial charge in [0.25, 0.3) is 0 Å². The zero-order chi connectivity index (χ0) is 14.4. The van der Waals surface area contributed by atoms with Crippen molar-refractivity contribution in [2.45, 2.75) is 19.4 Å². The van der Waals surface area contributed by atoms with Crippen LogP contribution in [0, 0.1) is 0 Å². The smallest absolute Gasteiger partial charge is 0.0406 e. The minimum absolute atomic E-state index is 0.430. The van der Waals surface area contributed by atoms with Crippen LogP contribution in [0.4, 0.5) is 0 Å². The SMILES string of the molecule is CCC(NCCN1CCN(C)CC1)c1ccc(Cl)cc1. The Kier molecular flexibility index (Phi) is 6.30. The molecule has 0 bridgehead atoms. The van der Waals surface area contributed by atoms with E-state index in [1.54, 1.807) is 0 Å². The molecule has 2 rings (SSSR count). The third-order valence-electron chi connectivity index (χ3n) is 4.10. The normalized spacial score (nSPS) is 19.1. The largest absolute Gasteiger partial charge is 0.309 e. The summed E-state index contributed by atoms with van der Waals surface area (Å²) in [6.07, 6.45) is 1.10. The first-order chi connectivity index (χ1) is 9.69. The fraction of sp³-hybridized carbons (Fsp3) is 0.625. The Morgan fingerprint density at radius 1 is 1.15 bits per heavy atom. The Morgan fingerprint density at radius 2 is 1.80 bits per heavy atom. The maximum absolute atomic E-state index is 5.95. The molecule has 0 radical (unpaired) electrons. The zero-order valence-electron chi connectivity index (χ0n) is 12.6. The van der Waals surface area contributed by atoms with Gasteiger partial charge in [-0.25, -0.2) is 0 Å². The van der Waals surface area contributed by atoms with E-state index in [0.29, 0.717) is 6.04 Å². The molecule has 1 unspecified atom stereocenters. The van der Waals surface area contributed by atoms with E-state index in [4.69, 9.17) is 11.6 Å². The average Bonchev–Trinajstić information content (AvgIpc) is 2.47. The van der Waals surface area contributed by atoms with Crippen molar-refractivity contribution in [3.63, 3.8) is 0 Å². The van der Waals surface area contributed by atoms with Gasteiger partial charge in [0.05, 0.1) is 0 Å². The maximum atomic E-state index is 5.95. The molecule has 112 valence electrons. The topological polar surface area (TPSA) is 18.5 Å². The first-order valence-corrected chi connectivity index (χ1v) is 7.96. The number of hydrogen-bond donors (Lipinski definition) is 1. The number of nitrogens with one attached hydrogen (secondary N) is 1. The van der Waals surface area contributed by atoms with Crippen molar-refractivity contribution >= 4 is 11.6 Å². The Hall–Kier alpha value is -0.610. The van der Waals surface area contributed by atoms with Crippen LogP contribution < -0.4 is 5.32 Å². The molecule has 1 N–H and O–H groups in total. The summed E-state index contributed by atoms with van der Waals surface area (Å²) in [6, 6.07) is 8.63. The Bertz CT molecular complexity index is 385. The lowest BCUT2D eigenvalue weighted by atomic mass is 10.0. The van der Waals surface area contributed by atoms with Crippen LogP contribution in [-0.2, 0) is 0 Å². The number of likely N-dealkylation sites (N-methyl/N-ethyl adjacent to an activating group) is 1. The van der Waals surface area contributed by atoms with Gasteiger partial charge in [0.2, 0.25) is 0 Å². The van der Waals surface area contributed by atoms with Gasteiger partial charge in [-0.2, -0.15) is 0 Å². The lowest BCUT2D eigenvalue weighted by Crippen LogP contribution is -2.46. The molecule has 1 aliphatic heterocycles. The first kappa shape index (κ1) is 15.8. The van der Waals surface area contributed by atoms with Gasteiger partial charge in [-0.3, -0.25) is 4.90 Å². The van der Waals surface area contributed by atoms with Crippen LogP contribution in [0.1, 0.15) is 24.9 Å². The van der Waals surface area contributed by atoms with E-state index in [2.05, 4.69) is 41.2 Å². The van der Waals surface area contributed by atoms with E-state index in [9.17, 15) is 0 Å². The standard InChI is InChI=1S/C16H26ClN3/c1-3-16(14-4-6-15(17)7-5-14)18-8-9-20-12-10-19(2)11-13-20/h4-7,16,18H,3,8-13H2,1-2H3. The highest BCUT2D eigenvalue weighted by Crippen LogP contribution is 2.18. The van der Waals surface area contributed by atoms with Crippen LogP contribution >= 0.6 is 11.6 Å². The number of benzene rings is 1. The molecule has 0 spiro atoms. The molecule has 3 nitrogen and oxygen atoms in total. The summed E-state index contributed by atoms with van der Waals surface area (Å²) >= 11 is 5.95. The van der Waals surface area contributed by atoms with Gasteiger partial charge in [0, 0.05) is 50.3 Å². The molecule has 1 heterocycles. The number of rotatable bonds is 6. The number of piperazine rings is 1. The molecule has 0 amide bonds. The second-order valence-corrected chi connectivity index (χ2v) is 6.05. The monoisotopic (exact) mass is 295 g/mol. The molecule has 1 saturated heterocycles. The number of halogens is 1. The quantitative estimate of drug-likeness (QED) is 0.870. The third kappa shape index (κ3) is 4.74. The molecule has 0 aromatic heterocycles. The summed E-state index contributed by atoms with van der Waals surface area (Å²) in [7, 11) is 2.20. The molecule has 1 aromatic carbocycles. The van der Waals surface area contributed by atoms with Gasteiger partial charge >= 0.3 is 0 Å². The van der Waals surface area contributed by atoms with E-state index < -0.39 is 0 Å². The fourth-order valence-corrected chi connectivity index (χ4v) is 2.79. The summed E-state index contributed by atoms with van der Waals surface area (Å²) in [4.78, 5) is 4.94. The third-order valence-corrected chi connectivity index (χ3v) is 4.35. The van der Waals surface area contributed by atoms with Crippen LogP contribution in [-0.4, -0.2) is 56.1 Å². The summed E-state index contributed by atoms with van der Waals surface area (Å²) in [5.41, 5.74) is 1.33. The van der Waals surface area contributed by atoms with E-state index in [1.165, 1.54) is 31.7 Å². The molecule has 0 aliphatic carbocycles. The van der Waals surface area contributed by atoms with E-state index in [1.807, 2.05) is 12.1 Å². The molecular formula is C16H26ClN3. The van der Waals surface area contributed by atoms with Gasteiger partial charge in [0.1, 0.15) is 0 Å². The summed E-state index contributed by atoms with van der Waals surface area (Å²) in [5, 5.41) is 4.47. The van der Waals surface area contributed by atoms with Crippen LogP contribution in [0.15, 0.2) is 24.3 Å². The van der Waals surface area contributed by atoms with Gasteiger partial charge in [0.15, 0.2) is 0 Å². The molecule has 0 saturated carbocycles. The summed E-state index contributed by atoms with van der Waals surface area (Å²) in [6.45, 7) is 9.17. The van der Waals surface area contributed by atoms with Crippen molar-refractivity contribution in [2.75, 3.05) is 46.3 Å².